The van der Waals surface area contributed by atoms with E-state index in [-0.39, 0.29) is 23.9 Å². The van der Waals surface area contributed by atoms with Crippen LogP contribution in [0.5, 0.6) is 0 Å². The number of imide groups is 1. The van der Waals surface area contributed by atoms with Crippen molar-refractivity contribution in [1.82, 2.24) is 5.32 Å². The van der Waals surface area contributed by atoms with Crippen LogP contribution in [0.15, 0.2) is 24.3 Å². The minimum absolute atomic E-state index is 0.140. The third-order valence-corrected chi connectivity index (χ3v) is 3.25. The number of amides is 3. The molecule has 1 fully saturated rings. The van der Waals surface area contributed by atoms with Gasteiger partial charge in [-0.05, 0) is 31.2 Å². The fraction of sp³-hybridized carbons (Fsp3) is 0.333. The van der Waals surface area contributed by atoms with Crippen LogP contribution in [0.2, 0.25) is 5.02 Å². The lowest BCUT2D eigenvalue weighted by atomic mass is 9.99. The van der Waals surface area contributed by atoms with Gasteiger partial charge in [-0.15, -0.1) is 0 Å². The third kappa shape index (κ3) is 2.13. The first-order chi connectivity index (χ1) is 8.00. The lowest BCUT2D eigenvalue weighted by Crippen LogP contribution is -2.58. The Kier molecular flexibility index (Phi) is 3.07. The van der Waals surface area contributed by atoms with E-state index in [0.29, 0.717) is 10.7 Å². The van der Waals surface area contributed by atoms with Gasteiger partial charge in [-0.25, -0.2) is 9.69 Å². The van der Waals surface area contributed by atoms with Gasteiger partial charge < -0.3 is 5.32 Å². The zero-order valence-electron chi connectivity index (χ0n) is 9.61. The van der Waals surface area contributed by atoms with Crippen molar-refractivity contribution in [2.24, 2.45) is 5.92 Å². The van der Waals surface area contributed by atoms with Crippen LogP contribution in [0, 0.1) is 5.92 Å². The molecule has 0 radical (unpaired) electrons. The SMILES string of the molecule is CC1NC(=O)N(c2ccc(Cl)cc2)C(=O)C1C. The second-order valence-corrected chi connectivity index (χ2v) is 4.61. The number of urea groups is 1. The Morgan fingerprint density at radius 3 is 2.35 bits per heavy atom. The summed E-state index contributed by atoms with van der Waals surface area (Å²) in [5.41, 5.74) is 0.538. The van der Waals surface area contributed by atoms with Gasteiger partial charge in [0.25, 0.3) is 0 Å². The van der Waals surface area contributed by atoms with Crippen LogP contribution in [0.3, 0.4) is 0 Å². The Labute approximate surface area is 105 Å². The quantitative estimate of drug-likeness (QED) is 0.835. The van der Waals surface area contributed by atoms with Crippen LogP contribution >= 0.6 is 11.6 Å². The molecule has 1 aliphatic rings. The lowest BCUT2D eigenvalue weighted by molar-refractivity contribution is -0.122. The highest BCUT2D eigenvalue weighted by Crippen LogP contribution is 2.23. The van der Waals surface area contributed by atoms with Gasteiger partial charge in [-0.3, -0.25) is 4.79 Å². The summed E-state index contributed by atoms with van der Waals surface area (Å²) in [6.07, 6.45) is 0. The number of nitrogens with one attached hydrogen (secondary N) is 1. The number of hydrogen-bond acceptors (Lipinski definition) is 2. The van der Waals surface area contributed by atoms with Crippen molar-refractivity contribution < 1.29 is 9.59 Å². The van der Waals surface area contributed by atoms with Gasteiger partial charge in [0.15, 0.2) is 0 Å². The van der Waals surface area contributed by atoms with Crippen molar-refractivity contribution in [1.29, 1.82) is 0 Å². The van der Waals surface area contributed by atoms with Gasteiger partial charge in [0.05, 0.1) is 11.6 Å². The van der Waals surface area contributed by atoms with E-state index in [1.165, 1.54) is 0 Å². The van der Waals surface area contributed by atoms with Gasteiger partial charge in [-0.2, -0.15) is 0 Å². The van der Waals surface area contributed by atoms with E-state index in [9.17, 15) is 9.59 Å². The average Bonchev–Trinajstić information content (AvgIpc) is 2.29. The van der Waals surface area contributed by atoms with Crippen LogP contribution in [0.1, 0.15) is 13.8 Å². The Balaban J connectivity index is 2.34. The Morgan fingerprint density at radius 2 is 1.76 bits per heavy atom. The zero-order valence-corrected chi connectivity index (χ0v) is 10.4. The maximum atomic E-state index is 12.1. The van der Waals surface area contributed by atoms with E-state index >= 15 is 0 Å². The smallest absolute Gasteiger partial charge is 0.328 e. The fourth-order valence-corrected chi connectivity index (χ4v) is 1.86. The maximum Gasteiger partial charge on any atom is 0.328 e. The summed E-state index contributed by atoms with van der Waals surface area (Å²) < 4.78 is 0. The van der Waals surface area contributed by atoms with Crippen molar-refractivity contribution in [3.63, 3.8) is 0 Å². The summed E-state index contributed by atoms with van der Waals surface area (Å²) >= 11 is 5.77. The Hall–Kier alpha value is -1.55. The van der Waals surface area contributed by atoms with Crippen molar-refractivity contribution >= 4 is 29.2 Å². The van der Waals surface area contributed by atoms with E-state index < -0.39 is 0 Å². The fourth-order valence-electron chi connectivity index (χ4n) is 1.74. The first-order valence-corrected chi connectivity index (χ1v) is 5.78. The summed E-state index contributed by atoms with van der Waals surface area (Å²) in [5.74, 6) is -0.424. The van der Waals surface area contributed by atoms with Crippen LogP contribution in [-0.2, 0) is 4.79 Å². The molecule has 0 spiro atoms. The molecule has 0 aromatic heterocycles. The number of carbonyl (C=O) groups excluding carboxylic acids is 2. The predicted octanol–water partition coefficient (Wildman–Crippen LogP) is 2.42. The standard InChI is InChI=1S/C12H13ClN2O2/c1-7-8(2)14-12(17)15(11(7)16)10-5-3-9(13)4-6-10/h3-8H,1-2H3,(H,14,17). The van der Waals surface area contributed by atoms with Gasteiger partial charge in [-0.1, -0.05) is 18.5 Å². The van der Waals surface area contributed by atoms with E-state index in [1.807, 2.05) is 6.92 Å². The summed E-state index contributed by atoms with van der Waals surface area (Å²) in [6.45, 7) is 3.62. The number of carbonyl (C=O) groups is 2. The van der Waals surface area contributed by atoms with Gasteiger partial charge in [0, 0.05) is 11.1 Å². The number of halogens is 1. The molecule has 2 rings (SSSR count). The first kappa shape index (κ1) is 11.9. The molecular weight excluding hydrogens is 240 g/mol. The number of anilines is 1. The van der Waals surface area contributed by atoms with Crippen molar-refractivity contribution in [2.45, 2.75) is 19.9 Å². The number of nitrogens with zero attached hydrogens (tertiary/aromatic N) is 1. The molecule has 4 nitrogen and oxygen atoms in total. The summed E-state index contributed by atoms with van der Waals surface area (Å²) in [7, 11) is 0. The molecule has 1 heterocycles. The minimum Gasteiger partial charge on any atom is -0.334 e. The average molecular weight is 253 g/mol. The molecule has 0 aliphatic carbocycles. The van der Waals surface area contributed by atoms with E-state index in [2.05, 4.69) is 5.32 Å². The Morgan fingerprint density at radius 1 is 1.18 bits per heavy atom. The van der Waals surface area contributed by atoms with Crippen molar-refractivity contribution in [2.75, 3.05) is 4.90 Å². The maximum absolute atomic E-state index is 12.1. The van der Waals surface area contributed by atoms with E-state index in [4.69, 9.17) is 11.6 Å². The number of hydrogen-bond donors (Lipinski definition) is 1. The molecular formula is C12H13ClN2O2. The van der Waals surface area contributed by atoms with Crippen LogP contribution in [0.25, 0.3) is 0 Å². The van der Waals surface area contributed by atoms with Gasteiger partial charge in [0.2, 0.25) is 5.91 Å². The van der Waals surface area contributed by atoms with Gasteiger partial charge >= 0.3 is 6.03 Å². The topological polar surface area (TPSA) is 49.4 Å². The van der Waals surface area contributed by atoms with E-state index in [0.717, 1.165) is 4.90 Å². The molecule has 1 N–H and O–H groups in total. The number of rotatable bonds is 1. The van der Waals surface area contributed by atoms with Crippen LogP contribution in [0.4, 0.5) is 10.5 Å². The normalized spacial score (nSPS) is 24.8. The monoisotopic (exact) mass is 252 g/mol. The van der Waals surface area contributed by atoms with Gasteiger partial charge in [0.1, 0.15) is 0 Å². The van der Waals surface area contributed by atoms with Crippen LogP contribution < -0.4 is 10.2 Å². The van der Waals surface area contributed by atoms with Crippen molar-refractivity contribution in [3.05, 3.63) is 29.3 Å². The molecule has 0 saturated carbocycles. The second-order valence-electron chi connectivity index (χ2n) is 4.18. The molecule has 1 aliphatic heterocycles. The highest BCUT2D eigenvalue weighted by Gasteiger charge is 2.36. The summed E-state index contributed by atoms with van der Waals surface area (Å²) in [6, 6.07) is 6.09. The van der Waals surface area contributed by atoms with E-state index in [1.54, 1.807) is 31.2 Å². The molecule has 2 unspecified atom stereocenters. The summed E-state index contributed by atoms with van der Waals surface area (Å²) in [4.78, 5) is 25.0. The Bertz CT molecular complexity index is 458. The third-order valence-electron chi connectivity index (χ3n) is 3.00. The first-order valence-electron chi connectivity index (χ1n) is 5.40. The molecule has 90 valence electrons. The predicted molar refractivity (Wildman–Crippen MR) is 66.1 cm³/mol. The van der Waals surface area contributed by atoms with Crippen molar-refractivity contribution in [3.8, 4) is 0 Å². The lowest BCUT2D eigenvalue weighted by Gasteiger charge is -2.34. The number of benzene rings is 1. The molecule has 1 saturated heterocycles. The highest BCUT2D eigenvalue weighted by atomic mass is 35.5. The molecule has 1 aromatic rings. The highest BCUT2D eigenvalue weighted by molar-refractivity contribution is 6.30. The zero-order chi connectivity index (χ0) is 12.6. The molecule has 3 amide bonds. The largest absolute Gasteiger partial charge is 0.334 e. The summed E-state index contributed by atoms with van der Waals surface area (Å²) in [5, 5.41) is 3.33. The van der Waals surface area contributed by atoms with Crippen LogP contribution in [-0.4, -0.2) is 18.0 Å². The molecule has 0 bridgehead atoms. The second kappa shape index (κ2) is 4.37. The molecule has 5 heteroatoms. The molecule has 2 atom stereocenters. The minimum atomic E-state index is -0.386. The molecule has 17 heavy (non-hydrogen) atoms. The molecule has 1 aromatic carbocycles.